The van der Waals surface area contributed by atoms with E-state index in [1.165, 1.54) is 0 Å². The van der Waals surface area contributed by atoms with Gasteiger partial charge in [0, 0.05) is 6.04 Å². The second-order valence-corrected chi connectivity index (χ2v) is 8.34. The maximum Gasteiger partial charge on any atom is 0.411 e. The summed E-state index contributed by atoms with van der Waals surface area (Å²) in [5.41, 5.74) is -2.24. The zero-order valence-corrected chi connectivity index (χ0v) is 14.4. The third-order valence-electron chi connectivity index (χ3n) is 4.98. The summed E-state index contributed by atoms with van der Waals surface area (Å²) in [4.78, 5) is 26.6. The number of hydrogen-bond donors (Lipinski definition) is 1. The fourth-order valence-electron chi connectivity index (χ4n) is 3.70. The number of carboxylic acids is 1. The van der Waals surface area contributed by atoms with Gasteiger partial charge in [0.2, 0.25) is 0 Å². The van der Waals surface area contributed by atoms with Gasteiger partial charge in [0.25, 0.3) is 0 Å². The van der Waals surface area contributed by atoms with Crippen LogP contribution in [0.15, 0.2) is 0 Å². The fourth-order valence-corrected chi connectivity index (χ4v) is 3.70. The predicted molar refractivity (Wildman–Crippen MR) is 83.7 cm³/mol. The molecule has 0 heterocycles. The Bertz CT molecular complexity index is 462. The molecule has 0 saturated heterocycles. The molecule has 5 nitrogen and oxygen atoms in total. The highest BCUT2D eigenvalue weighted by atomic mass is 16.6. The van der Waals surface area contributed by atoms with Crippen LogP contribution < -0.4 is 0 Å². The number of carbonyl (C=O) groups is 2. The molecule has 2 fully saturated rings. The number of hydrogen-bond acceptors (Lipinski definition) is 3. The molecule has 0 aromatic carbocycles. The van der Waals surface area contributed by atoms with Crippen LogP contribution in [0.5, 0.6) is 0 Å². The predicted octanol–water partition coefficient (Wildman–Crippen LogP) is 3.81. The van der Waals surface area contributed by atoms with Gasteiger partial charge in [-0.15, -0.1) is 0 Å². The van der Waals surface area contributed by atoms with Gasteiger partial charge < -0.3 is 9.84 Å². The lowest BCUT2D eigenvalue weighted by molar-refractivity contribution is -0.166. The molecule has 0 radical (unpaired) electrons. The molecule has 126 valence electrons. The van der Waals surface area contributed by atoms with Crippen LogP contribution in [0.25, 0.3) is 0 Å². The minimum absolute atomic E-state index is 0.00308. The van der Waals surface area contributed by atoms with Gasteiger partial charge in [-0.3, -0.25) is 4.90 Å². The number of carbonyl (C=O) groups excluding carboxylic acids is 1. The molecule has 2 saturated carbocycles. The Kier molecular flexibility index (Phi) is 4.22. The van der Waals surface area contributed by atoms with Gasteiger partial charge in [-0.2, -0.15) is 0 Å². The SMILES string of the molecule is CC(C)(C)OC(=O)N(C1CC1)C1(C(=O)O)CCCCC1(C)C. The van der Waals surface area contributed by atoms with Gasteiger partial charge in [0.15, 0.2) is 0 Å². The van der Waals surface area contributed by atoms with Crippen LogP contribution in [0.1, 0.15) is 73.1 Å². The van der Waals surface area contributed by atoms with Gasteiger partial charge in [-0.05, 0) is 51.9 Å². The molecule has 22 heavy (non-hydrogen) atoms. The third-order valence-corrected chi connectivity index (χ3v) is 4.98. The average molecular weight is 311 g/mol. The van der Waals surface area contributed by atoms with Crippen molar-refractivity contribution in [3.05, 3.63) is 0 Å². The van der Waals surface area contributed by atoms with Crippen molar-refractivity contribution in [3.8, 4) is 0 Å². The summed E-state index contributed by atoms with van der Waals surface area (Å²) < 4.78 is 5.55. The van der Waals surface area contributed by atoms with Crippen molar-refractivity contribution in [2.24, 2.45) is 5.41 Å². The van der Waals surface area contributed by atoms with Crippen LogP contribution in [-0.2, 0) is 9.53 Å². The molecule has 2 rings (SSSR count). The average Bonchev–Trinajstić information content (AvgIpc) is 3.13. The number of amides is 1. The second-order valence-electron chi connectivity index (χ2n) is 8.34. The van der Waals surface area contributed by atoms with Crippen molar-refractivity contribution in [1.29, 1.82) is 0 Å². The van der Waals surface area contributed by atoms with E-state index in [9.17, 15) is 14.7 Å². The Morgan fingerprint density at radius 2 is 1.68 bits per heavy atom. The molecule has 0 spiro atoms. The lowest BCUT2D eigenvalue weighted by Gasteiger charge is -2.53. The highest BCUT2D eigenvalue weighted by Gasteiger charge is 2.61. The molecule has 0 aromatic rings. The Labute approximate surface area is 133 Å². The molecule has 0 aromatic heterocycles. The maximum absolute atomic E-state index is 12.8. The molecule has 1 unspecified atom stereocenters. The zero-order valence-electron chi connectivity index (χ0n) is 14.4. The first-order valence-electron chi connectivity index (χ1n) is 8.27. The lowest BCUT2D eigenvalue weighted by atomic mass is 9.62. The van der Waals surface area contributed by atoms with Crippen molar-refractivity contribution < 1.29 is 19.4 Å². The van der Waals surface area contributed by atoms with Gasteiger partial charge >= 0.3 is 12.1 Å². The van der Waals surface area contributed by atoms with E-state index in [4.69, 9.17) is 4.74 Å². The van der Waals surface area contributed by atoms with E-state index in [2.05, 4.69) is 0 Å². The first kappa shape index (κ1) is 17.1. The van der Waals surface area contributed by atoms with E-state index in [0.29, 0.717) is 6.42 Å². The molecule has 5 heteroatoms. The number of carboxylic acid groups (broad SMARTS) is 1. The van der Waals surface area contributed by atoms with Gasteiger partial charge in [0.05, 0.1) is 0 Å². The molecule has 1 atom stereocenters. The Morgan fingerprint density at radius 3 is 2.09 bits per heavy atom. The highest BCUT2D eigenvalue weighted by molar-refractivity contribution is 5.86. The van der Waals surface area contributed by atoms with Crippen LogP contribution in [0, 0.1) is 5.41 Å². The molecular formula is C17H29NO4. The summed E-state index contributed by atoms with van der Waals surface area (Å²) in [5, 5.41) is 10.1. The summed E-state index contributed by atoms with van der Waals surface area (Å²) in [7, 11) is 0. The third kappa shape index (κ3) is 2.95. The lowest BCUT2D eigenvalue weighted by Crippen LogP contribution is -2.67. The number of ether oxygens (including phenoxy) is 1. The topological polar surface area (TPSA) is 66.8 Å². The molecule has 1 amide bonds. The molecular weight excluding hydrogens is 282 g/mol. The van der Waals surface area contributed by atoms with Crippen molar-refractivity contribution >= 4 is 12.1 Å². The zero-order chi connectivity index (χ0) is 16.8. The number of aliphatic carboxylic acids is 1. The first-order valence-corrected chi connectivity index (χ1v) is 8.27. The molecule has 1 N–H and O–H groups in total. The van der Waals surface area contributed by atoms with E-state index in [1.54, 1.807) is 4.90 Å². The van der Waals surface area contributed by atoms with Crippen LogP contribution >= 0.6 is 0 Å². The Hall–Kier alpha value is -1.26. The van der Waals surface area contributed by atoms with Crippen LogP contribution in [0.4, 0.5) is 4.79 Å². The number of rotatable bonds is 3. The van der Waals surface area contributed by atoms with Crippen molar-refractivity contribution in [2.45, 2.75) is 90.3 Å². The van der Waals surface area contributed by atoms with E-state index in [-0.39, 0.29) is 6.04 Å². The molecule has 0 bridgehead atoms. The van der Waals surface area contributed by atoms with Gasteiger partial charge in [0.1, 0.15) is 11.1 Å². The van der Waals surface area contributed by atoms with Crippen LogP contribution in [0.3, 0.4) is 0 Å². The standard InChI is InChI=1S/C17H29NO4/c1-15(2,3)22-14(21)18(12-8-9-12)17(13(19)20)11-7-6-10-16(17,4)5/h12H,6-11H2,1-5H3,(H,19,20). The fraction of sp³-hybridized carbons (Fsp3) is 0.882. The maximum atomic E-state index is 12.8. The van der Waals surface area contributed by atoms with Crippen molar-refractivity contribution in [1.82, 2.24) is 4.90 Å². The summed E-state index contributed by atoms with van der Waals surface area (Å²) in [6.07, 6.45) is 4.41. The summed E-state index contributed by atoms with van der Waals surface area (Å²) in [5.74, 6) is -0.894. The van der Waals surface area contributed by atoms with E-state index >= 15 is 0 Å². The van der Waals surface area contributed by atoms with E-state index < -0.39 is 28.6 Å². The minimum atomic E-state index is -1.16. The Balaban J connectivity index is 2.42. The highest BCUT2D eigenvalue weighted by Crippen LogP contribution is 2.51. The van der Waals surface area contributed by atoms with E-state index in [0.717, 1.165) is 32.1 Å². The Morgan fingerprint density at radius 1 is 1.14 bits per heavy atom. The van der Waals surface area contributed by atoms with Gasteiger partial charge in [-0.1, -0.05) is 26.7 Å². The normalized spacial score (nSPS) is 28.0. The first-order chi connectivity index (χ1) is 10.0. The summed E-state index contributed by atoms with van der Waals surface area (Å²) >= 11 is 0. The summed E-state index contributed by atoms with van der Waals surface area (Å²) in [6, 6.07) is 0.00308. The van der Waals surface area contributed by atoms with Crippen LogP contribution in [0.2, 0.25) is 0 Å². The summed E-state index contributed by atoms with van der Waals surface area (Å²) in [6.45, 7) is 9.39. The quantitative estimate of drug-likeness (QED) is 0.860. The van der Waals surface area contributed by atoms with Gasteiger partial charge in [-0.25, -0.2) is 9.59 Å². The second kappa shape index (κ2) is 5.43. The van der Waals surface area contributed by atoms with Crippen LogP contribution in [-0.4, -0.2) is 39.3 Å². The monoisotopic (exact) mass is 311 g/mol. The minimum Gasteiger partial charge on any atom is -0.479 e. The number of nitrogens with zero attached hydrogens (tertiary/aromatic N) is 1. The molecule has 0 aliphatic heterocycles. The molecule has 2 aliphatic carbocycles. The molecule has 2 aliphatic rings. The smallest absolute Gasteiger partial charge is 0.411 e. The van der Waals surface area contributed by atoms with Crippen molar-refractivity contribution in [2.75, 3.05) is 0 Å². The van der Waals surface area contributed by atoms with E-state index in [1.807, 2.05) is 34.6 Å². The van der Waals surface area contributed by atoms with Crippen molar-refractivity contribution in [3.63, 3.8) is 0 Å². The largest absolute Gasteiger partial charge is 0.479 e.